The van der Waals surface area contributed by atoms with Gasteiger partial charge in [-0.05, 0) is 12.5 Å². The van der Waals surface area contributed by atoms with E-state index in [1.54, 1.807) is 0 Å². The van der Waals surface area contributed by atoms with Crippen LogP contribution in [-0.2, 0) is 11.2 Å². The molecular formula is C18H19ClN5O3+. The van der Waals surface area contributed by atoms with Crippen LogP contribution in [0.3, 0.4) is 0 Å². The maximum absolute atomic E-state index is 11.8. The Morgan fingerprint density at radius 3 is 3.00 bits per heavy atom. The fourth-order valence-electron chi connectivity index (χ4n) is 3.15. The summed E-state index contributed by atoms with van der Waals surface area (Å²) in [6.45, 7) is 4.43. The van der Waals surface area contributed by atoms with Crippen LogP contribution in [0, 0.1) is 0 Å². The molecule has 8 nitrogen and oxygen atoms in total. The normalized spacial score (nSPS) is 15.6. The quantitative estimate of drug-likeness (QED) is 0.777. The van der Waals surface area contributed by atoms with Crippen molar-refractivity contribution in [1.82, 2.24) is 9.97 Å². The highest BCUT2D eigenvalue weighted by molar-refractivity contribution is 6.30. The second-order valence-corrected chi connectivity index (χ2v) is 6.60. The summed E-state index contributed by atoms with van der Waals surface area (Å²) >= 11 is 6.15. The molecule has 0 unspecified atom stereocenters. The van der Waals surface area contributed by atoms with E-state index in [2.05, 4.69) is 19.9 Å². The van der Waals surface area contributed by atoms with Crippen molar-refractivity contribution in [1.29, 1.82) is 0 Å². The molecule has 27 heavy (non-hydrogen) atoms. The standard InChI is InChI=1S/C18H18ClN5O3/c1-2-12-16(19)23-18(15(22-12)17(20)25)21-10-3-4-13-14(7-10)27-9-11-8-26-6-5-24(11)13/h3-4,7H,2,5-6,8-9H2,1H3,(H2-,20,21,23,25)/p+1. The third-order valence-corrected chi connectivity index (χ3v) is 4.81. The molecule has 3 N–H and O–H groups in total. The van der Waals surface area contributed by atoms with Crippen LogP contribution >= 0.6 is 11.6 Å². The molecular weight excluding hydrogens is 370 g/mol. The lowest BCUT2D eigenvalue weighted by Gasteiger charge is -2.22. The van der Waals surface area contributed by atoms with Crippen molar-refractivity contribution in [2.75, 3.05) is 31.7 Å². The average molecular weight is 389 g/mol. The van der Waals surface area contributed by atoms with Gasteiger partial charge in [0.1, 0.15) is 13.2 Å². The second kappa shape index (κ2) is 7.13. The molecule has 4 rings (SSSR count). The maximum Gasteiger partial charge on any atom is 0.271 e. The number of hydrogen-bond acceptors (Lipinski definition) is 6. The van der Waals surface area contributed by atoms with Gasteiger partial charge in [0, 0.05) is 17.8 Å². The summed E-state index contributed by atoms with van der Waals surface area (Å²) in [5.41, 5.74) is 8.84. The lowest BCUT2D eigenvalue weighted by molar-refractivity contribution is -0.461. The number of anilines is 2. The predicted molar refractivity (Wildman–Crippen MR) is 101 cm³/mol. The van der Waals surface area contributed by atoms with E-state index >= 15 is 0 Å². The Labute approximate surface area is 161 Å². The molecule has 0 atom stereocenters. The second-order valence-electron chi connectivity index (χ2n) is 6.24. The lowest BCUT2D eigenvalue weighted by Crippen LogP contribution is -2.37. The topological polar surface area (TPSA) is 102 Å². The number of hydrogen-bond donors (Lipinski definition) is 2. The Balaban J connectivity index is 1.68. The summed E-state index contributed by atoms with van der Waals surface area (Å²) in [6, 6.07) is 5.70. The number of aromatic nitrogens is 2. The number of rotatable bonds is 4. The van der Waals surface area contributed by atoms with E-state index in [1.165, 1.54) is 0 Å². The monoisotopic (exact) mass is 388 g/mol. The molecule has 0 aliphatic carbocycles. The van der Waals surface area contributed by atoms with Crippen molar-refractivity contribution in [3.8, 4) is 5.75 Å². The number of amides is 1. The lowest BCUT2D eigenvalue weighted by atomic mass is 10.2. The van der Waals surface area contributed by atoms with Crippen LogP contribution in [0.1, 0.15) is 23.1 Å². The minimum absolute atomic E-state index is 0.0543. The molecule has 0 fully saturated rings. The molecule has 140 valence electrons. The minimum Gasteiger partial charge on any atom is -0.476 e. The maximum atomic E-state index is 11.8. The smallest absolute Gasteiger partial charge is 0.271 e. The highest BCUT2D eigenvalue weighted by Crippen LogP contribution is 2.35. The number of benzene rings is 1. The van der Waals surface area contributed by atoms with Gasteiger partial charge >= 0.3 is 0 Å². The fourth-order valence-corrected chi connectivity index (χ4v) is 3.41. The SMILES string of the molecule is CCc1nc(C(N)=O)c(Nc2ccc3c(c2)OCC2=[N+]3CCOC2)nc1Cl. The molecule has 0 spiro atoms. The third-order valence-electron chi connectivity index (χ3n) is 4.50. The number of ether oxygens (including phenoxy) is 2. The first-order valence-corrected chi connectivity index (χ1v) is 9.04. The van der Waals surface area contributed by atoms with Crippen molar-refractivity contribution in [3.05, 3.63) is 34.7 Å². The molecule has 0 saturated carbocycles. The molecule has 2 aromatic rings. The predicted octanol–water partition coefficient (Wildman–Crippen LogP) is 2.04. The molecule has 0 saturated heterocycles. The van der Waals surface area contributed by atoms with Crippen LogP contribution < -0.4 is 15.8 Å². The molecule has 3 heterocycles. The summed E-state index contributed by atoms with van der Waals surface area (Å²) in [6.07, 6.45) is 0.553. The Bertz CT molecular complexity index is 960. The van der Waals surface area contributed by atoms with E-state index in [0.29, 0.717) is 37.6 Å². The van der Waals surface area contributed by atoms with Crippen LogP contribution in [0.2, 0.25) is 5.15 Å². The fraction of sp³-hybridized carbons (Fsp3) is 0.333. The van der Waals surface area contributed by atoms with Crippen LogP contribution in [0.5, 0.6) is 5.75 Å². The molecule has 0 radical (unpaired) electrons. The van der Waals surface area contributed by atoms with Crippen molar-refractivity contribution in [3.63, 3.8) is 0 Å². The van der Waals surface area contributed by atoms with Crippen molar-refractivity contribution in [2.45, 2.75) is 13.3 Å². The number of primary amides is 1. The Kier molecular flexibility index (Phi) is 4.67. The van der Waals surface area contributed by atoms with Gasteiger partial charge in [-0.2, -0.15) is 4.58 Å². The largest absolute Gasteiger partial charge is 0.476 e. The summed E-state index contributed by atoms with van der Waals surface area (Å²) in [5, 5.41) is 3.32. The van der Waals surface area contributed by atoms with E-state index in [-0.39, 0.29) is 16.7 Å². The summed E-state index contributed by atoms with van der Waals surface area (Å²) in [5.74, 6) is 0.299. The number of nitrogens with one attached hydrogen (secondary N) is 1. The van der Waals surface area contributed by atoms with Crippen LogP contribution in [0.4, 0.5) is 17.2 Å². The number of nitrogens with zero attached hydrogens (tertiary/aromatic N) is 3. The van der Waals surface area contributed by atoms with Gasteiger partial charge in [0.15, 0.2) is 35.6 Å². The Morgan fingerprint density at radius 1 is 1.37 bits per heavy atom. The minimum atomic E-state index is -0.668. The van der Waals surface area contributed by atoms with E-state index in [4.69, 9.17) is 26.8 Å². The first-order valence-electron chi connectivity index (χ1n) is 8.67. The molecule has 0 bridgehead atoms. The molecule has 1 aromatic carbocycles. The molecule has 1 aromatic heterocycles. The molecule has 2 aliphatic rings. The number of halogens is 1. The number of carbonyl (C=O) groups excluding carboxylic acids is 1. The zero-order valence-electron chi connectivity index (χ0n) is 14.8. The van der Waals surface area contributed by atoms with E-state index in [1.807, 2.05) is 25.1 Å². The van der Waals surface area contributed by atoms with Gasteiger partial charge in [-0.15, -0.1) is 0 Å². The van der Waals surface area contributed by atoms with Gasteiger partial charge in [0.2, 0.25) is 11.4 Å². The number of fused-ring (bicyclic) bond motifs is 2. The highest BCUT2D eigenvalue weighted by atomic mass is 35.5. The van der Waals surface area contributed by atoms with Gasteiger partial charge in [0.25, 0.3) is 5.91 Å². The van der Waals surface area contributed by atoms with Crippen LogP contribution in [0.15, 0.2) is 18.2 Å². The first kappa shape index (κ1) is 17.7. The van der Waals surface area contributed by atoms with Crippen molar-refractivity contribution >= 4 is 40.4 Å². The van der Waals surface area contributed by atoms with Crippen LogP contribution in [-0.4, -0.2) is 52.5 Å². The van der Waals surface area contributed by atoms with Gasteiger partial charge in [-0.3, -0.25) is 4.79 Å². The summed E-state index contributed by atoms with van der Waals surface area (Å²) in [7, 11) is 0. The Hall–Kier alpha value is -2.71. The molecule has 2 aliphatic heterocycles. The van der Waals surface area contributed by atoms with Crippen molar-refractivity contribution in [2.24, 2.45) is 5.73 Å². The molecule has 1 amide bonds. The van der Waals surface area contributed by atoms with E-state index in [0.717, 1.165) is 23.7 Å². The number of nitrogens with two attached hydrogens (primary N) is 1. The van der Waals surface area contributed by atoms with Gasteiger partial charge < -0.3 is 20.5 Å². The van der Waals surface area contributed by atoms with Crippen molar-refractivity contribution < 1.29 is 18.8 Å². The Morgan fingerprint density at radius 2 is 2.22 bits per heavy atom. The average Bonchev–Trinajstić information content (AvgIpc) is 2.67. The number of aryl methyl sites for hydroxylation is 1. The highest BCUT2D eigenvalue weighted by Gasteiger charge is 2.30. The summed E-state index contributed by atoms with van der Waals surface area (Å²) in [4.78, 5) is 20.3. The zero-order chi connectivity index (χ0) is 19.0. The number of carbonyl (C=O) groups is 1. The van der Waals surface area contributed by atoms with Crippen LogP contribution in [0.25, 0.3) is 0 Å². The summed E-state index contributed by atoms with van der Waals surface area (Å²) < 4.78 is 13.6. The van der Waals surface area contributed by atoms with Gasteiger partial charge in [0.05, 0.1) is 5.69 Å². The van der Waals surface area contributed by atoms with E-state index < -0.39 is 5.91 Å². The van der Waals surface area contributed by atoms with E-state index in [9.17, 15) is 4.79 Å². The third kappa shape index (κ3) is 3.33. The molecule has 9 heteroatoms. The van der Waals surface area contributed by atoms with Gasteiger partial charge in [-0.1, -0.05) is 18.5 Å². The zero-order valence-corrected chi connectivity index (χ0v) is 15.5. The first-order chi connectivity index (χ1) is 13.1. The van der Waals surface area contributed by atoms with Gasteiger partial charge in [-0.25, -0.2) is 9.97 Å².